The predicted octanol–water partition coefficient (Wildman–Crippen LogP) is 4.85. The van der Waals surface area contributed by atoms with Crippen LogP contribution in [0.2, 0.25) is 5.02 Å². The predicted molar refractivity (Wildman–Crippen MR) is 125 cm³/mol. The van der Waals surface area contributed by atoms with Gasteiger partial charge in [-0.05, 0) is 53.9 Å². The third kappa shape index (κ3) is 4.98. The number of nitrogens with zero attached hydrogens (tertiary/aromatic N) is 3. The van der Waals surface area contributed by atoms with E-state index in [0.717, 1.165) is 30.7 Å². The van der Waals surface area contributed by atoms with Gasteiger partial charge in [0, 0.05) is 30.7 Å². The van der Waals surface area contributed by atoms with Crippen LogP contribution in [0, 0.1) is 5.82 Å². The average molecular weight is 482 g/mol. The highest BCUT2D eigenvalue weighted by molar-refractivity contribution is 6.30. The molecule has 0 aliphatic carbocycles. The van der Waals surface area contributed by atoms with E-state index in [0.29, 0.717) is 23.1 Å². The third-order valence-corrected chi connectivity index (χ3v) is 5.83. The van der Waals surface area contributed by atoms with E-state index in [9.17, 15) is 9.18 Å². The second-order valence-corrected chi connectivity index (χ2v) is 8.29. The SMILES string of the molecule is O=c1oc(Oc2ccc(Cl)cc2)nn1-c1ccc(OCCN2CCc3ccccc3C2)cc1F. The van der Waals surface area contributed by atoms with Crippen molar-refractivity contribution >= 4 is 11.6 Å². The largest absolute Gasteiger partial charge is 0.492 e. The Bertz CT molecular complexity index is 1350. The standard InChI is InChI=1S/C25H21ClFN3O4/c26-19-5-7-20(8-6-19)33-24-28-30(25(31)34-24)23-10-9-21(15-22(23)27)32-14-13-29-12-11-17-3-1-2-4-18(17)16-29/h1-10,15H,11-14,16H2. The molecule has 0 saturated heterocycles. The molecular weight excluding hydrogens is 461 g/mol. The number of fused-ring (bicyclic) bond motifs is 1. The molecule has 1 aromatic heterocycles. The molecule has 4 aromatic rings. The first-order valence-electron chi connectivity index (χ1n) is 10.8. The van der Waals surface area contributed by atoms with E-state index in [4.69, 9.17) is 25.5 Å². The average Bonchev–Trinajstić information content (AvgIpc) is 3.20. The van der Waals surface area contributed by atoms with Gasteiger partial charge in [0.2, 0.25) is 0 Å². The fourth-order valence-electron chi connectivity index (χ4n) is 3.84. The van der Waals surface area contributed by atoms with Crippen molar-refractivity contribution in [3.8, 4) is 23.3 Å². The number of hydrogen-bond donors (Lipinski definition) is 0. The van der Waals surface area contributed by atoms with Crippen molar-refractivity contribution < 1.29 is 18.3 Å². The Morgan fingerprint density at radius 3 is 2.59 bits per heavy atom. The van der Waals surface area contributed by atoms with Crippen molar-refractivity contribution in [3.05, 3.63) is 99.2 Å². The van der Waals surface area contributed by atoms with Gasteiger partial charge in [-0.3, -0.25) is 4.90 Å². The molecule has 174 valence electrons. The van der Waals surface area contributed by atoms with E-state index >= 15 is 0 Å². The van der Waals surface area contributed by atoms with Crippen molar-refractivity contribution in [1.82, 2.24) is 14.7 Å². The van der Waals surface area contributed by atoms with Gasteiger partial charge in [0.05, 0.1) is 0 Å². The van der Waals surface area contributed by atoms with Crippen LogP contribution >= 0.6 is 11.6 Å². The van der Waals surface area contributed by atoms with Crippen molar-refractivity contribution in [2.45, 2.75) is 13.0 Å². The Kier molecular flexibility index (Phi) is 6.33. The van der Waals surface area contributed by atoms with E-state index in [1.807, 2.05) is 0 Å². The summed E-state index contributed by atoms with van der Waals surface area (Å²) in [6.45, 7) is 2.99. The maximum atomic E-state index is 14.8. The molecule has 3 aromatic carbocycles. The molecule has 0 spiro atoms. The quantitative estimate of drug-likeness (QED) is 0.376. The summed E-state index contributed by atoms with van der Waals surface area (Å²) >= 11 is 5.84. The number of aromatic nitrogens is 2. The van der Waals surface area contributed by atoms with Crippen molar-refractivity contribution in [3.63, 3.8) is 0 Å². The van der Waals surface area contributed by atoms with E-state index in [2.05, 4.69) is 34.3 Å². The van der Waals surface area contributed by atoms with Crippen LogP contribution in [0.25, 0.3) is 5.69 Å². The molecule has 7 nitrogen and oxygen atoms in total. The number of ether oxygens (including phenoxy) is 2. The van der Waals surface area contributed by atoms with Crippen LogP contribution in [-0.2, 0) is 13.0 Å². The number of halogens is 2. The number of hydrogen-bond acceptors (Lipinski definition) is 6. The molecule has 34 heavy (non-hydrogen) atoms. The van der Waals surface area contributed by atoms with Crippen molar-refractivity contribution in [1.29, 1.82) is 0 Å². The van der Waals surface area contributed by atoms with Gasteiger partial charge in [-0.2, -0.15) is 4.68 Å². The number of benzene rings is 3. The lowest BCUT2D eigenvalue weighted by atomic mass is 10.0. The minimum absolute atomic E-state index is 0.0697. The van der Waals surface area contributed by atoms with Crippen LogP contribution in [-0.4, -0.2) is 34.4 Å². The van der Waals surface area contributed by atoms with Crippen LogP contribution in [0.5, 0.6) is 17.6 Å². The zero-order valence-corrected chi connectivity index (χ0v) is 18.9. The first kappa shape index (κ1) is 22.2. The fraction of sp³-hybridized carbons (Fsp3) is 0.200. The van der Waals surface area contributed by atoms with Crippen LogP contribution in [0.4, 0.5) is 4.39 Å². The molecule has 1 aliphatic rings. The lowest BCUT2D eigenvalue weighted by Gasteiger charge is -2.28. The Hall–Kier alpha value is -3.62. The summed E-state index contributed by atoms with van der Waals surface area (Å²) in [5, 5.41) is 4.46. The van der Waals surface area contributed by atoms with Crippen molar-refractivity contribution in [2.24, 2.45) is 0 Å². The van der Waals surface area contributed by atoms with Gasteiger partial charge in [0.1, 0.15) is 23.8 Å². The fourth-order valence-corrected chi connectivity index (χ4v) is 3.97. The summed E-state index contributed by atoms with van der Waals surface area (Å²) in [5.74, 6) is -0.799. The van der Waals surface area contributed by atoms with E-state index < -0.39 is 11.6 Å². The molecule has 0 fully saturated rings. The molecule has 0 unspecified atom stereocenters. The molecule has 0 atom stereocenters. The zero-order chi connectivity index (χ0) is 23.5. The molecule has 1 aliphatic heterocycles. The van der Waals surface area contributed by atoms with Gasteiger partial charge in [0.15, 0.2) is 5.82 Å². The van der Waals surface area contributed by atoms with Crippen molar-refractivity contribution in [2.75, 3.05) is 19.7 Å². The summed E-state index contributed by atoms with van der Waals surface area (Å²) in [7, 11) is 0. The minimum atomic E-state index is -0.873. The first-order valence-corrected chi connectivity index (χ1v) is 11.2. The van der Waals surface area contributed by atoms with Gasteiger partial charge in [0.25, 0.3) is 0 Å². The highest BCUT2D eigenvalue weighted by atomic mass is 35.5. The van der Waals surface area contributed by atoms with Gasteiger partial charge in [-0.15, -0.1) is 0 Å². The van der Waals surface area contributed by atoms with Crippen LogP contribution in [0.1, 0.15) is 11.1 Å². The molecule has 0 amide bonds. The monoisotopic (exact) mass is 481 g/mol. The summed E-state index contributed by atoms with van der Waals surface area (Å²) in [5.41, 5.74) is 2.66. The maximum absolute atomic E-state index is 14.8. The van der Waals surface area contributed by atoms with Gasteiger partial charge >= 0.3 is 11.8 Å². The Morgan fingerprint density at radius 1 is 1.03 bits per heavy atom. The molecular formula is C25H21ClFN3O4. The van der Waals surface area contributed by atoms with Gasteiger partial charge in [-0.25, -0.2) is 9.18 Å². The lowest BCUT2D eigenvalue weighted by Crippen LogP contribution is -2.33. The molecule has 9 heteroatoms. The Morgan fingerprint density at radius 2 is 1.79 bits per heavy atom. The molecule has 2 heterocycles. The normalized spacial score (nSPS) is 13.5. The molecule has 0 radical (unpaired) electrons. The zero-order valence-electron chi connectivity index (χ0n) is 18.1. The summed E-state index contributed by atoms with van der Waals surface area (Å²) in [4.78, 5) is 14.5. The van der Waals surface area contributed by atoms with Gasteiger partial charge in [-0.1, -0.05) is 41.0 Å². The van der Waals surface area contributed by atoms with Crippen LogP contribution < -0.4 is 15.2 Å². The molecule has 0 saturated carbocycles. The first-order chi connectivity index (χ1) is 16.5. The second-order valence-electron chi connectivity index (χ2n) is 7.86. The van der Waals surface area contributed by atoms with Crippen LogP contribution in [0.15, 0.2) is 75.9 Å². The van der Waals surface area contributed by atoms with E-state index in [1.54, 1.807) is 30.3 Å². The second kappa shape index (κ2) is 9.70. The smallest absolute Gasteiger partial charge is 0.444 e. The highest BCUT2D eigenvalue weighted by Crippen LogP contribution is 2.23. The lowest BCUT2D eigenvalue weighted by molar-refractivity contribution is 0.196. The van der Waals surface area contributed by atoms with Crippen LogP contribution in [0.3, 0.4) is 0 Å². The van der Waals surface area contributed by atoms with E-state index in [-0.39, 0.29) is 11.8 Å². The number of rotatable bonds is 7. The summed E-state index contributed by atoms with van der Waals surface area (Å²) in [6.07, 6.45) is 0.700. The highest BCUT2D eigenvalue weighted by Gasteiger charge is 2.17. The topological polar surface area (TPSA) is 69.7 Å². The molecule has 5 rings (SSSR count). The third-order valence-electron chi connectivity index (χ3n) is 5.58. The Balaban J connectivity index is 1.21. The summed E-state index contributed by atoms with van der Waals surface area (Å²) < 4.78 is 31.7. The van der Waals surface area contributed by atoms with E-state index in [1.165, 1.54) is 23.3 Å². The summed E-state index contributed by atoms with van der Waals surface area (Å²) in [6, 6.07) is 19.1. The Labute approximate surface area is 199 Å². The maximum Gasteiger partial charge on any atom is 0.444 e. The molecule has 0 N–H and O–H groups in total. The minimum Gasteiger partial charge on any atom is -0.492 e. The van der Waals surface area contributed by atoms with Gasteiger partial charge < -0.3 is 13.9 Å². The molecule has 0 bridgehead atoms.